The molecule has 0 saturated carbocycles. The van der Waals surface area contributed by atoms with E-state index in [0.717, 1.165) is 37.3 Å². The van der Waals surface area contributed by atoms with Gasteiger partial charge >= 0.3 is 0 Å². The molecular weight excluding hydrogens is 290 g/mol. The van der Waals surface area contributed by atoms with Crippen molar-refractivity contribution in [2.24, 2.45) is 0 Å². The minimum atomic E-state index is 0.126. The van der Waals surface area contributed by atoms with Crippen LogP contribution in [-0.4, -0.2) is 44.5 Å². The van der Waals surface area contributed by atoms with Gasteiger partial charge in [-0.25, -0.2) is 4.68 Å². The number of hydrogen-bond acceptors (Lipinski definition) is 6. The maximum absolute atomic E-state index is 12.0. The minimum Gasteiger partial charge on any atom is -0.469 e. The van der Waals surface area contributed by atoms with Crippen LogP contribution < -0.4 is 5.84 Å². The van der Waals surface area contributed by atoms with Gasteiger partial charge in [0, 0.05) is 13.1 Å². The zero-order valence-electron chi connectivity index (χ0n) is 11.8. The molecule has 0 aliphatic carbocycles. The van der Waals surface area contributed by atoms with Crippen molar-refractivity contribution in [1.82, 2.24) is 19.8 Å². The maximum Gasteiger partial charge on any atom is 0.233 e. The van der Waals surface area contributed by atoms with Crippen molar-refractivity contribution in [3.63, 3.8) is 0 Å². The summed E-state index contributed by atoms with van der Waals surface area (Å²) in [5.41, 5.74) is 0.808. The van der Waals surface area contributed by atoms with E-state index >= 15 is 0 Å². The van der Waals surface area contributed by atoms with E-state index in [4.69, 9.17) is 10.3 Å². The molecule has 0 unspecified atom stereocenters. The van der Waals surface area contributed by atoms with Gasteiger partial charge in [0.25, 0.3) is 0 Å². The lowest BCUT2D eigenvalue weighted by Gasteiger charge is -2.14. The molecule has 7 nitrogen and oxygen atoms in total. The topological polar surface area (TPSA) is 90.2 Å². The SMILES string of the molecule is Cc1occc1-c1nnc(SCC(=O)N2CCCC2)n1N. The predicted molar refractivity (Wildman–Crippen MR) is 79.1 cm³/mol. The molecule has 1 fully saturated rings. The van der Waals surface area contributed by atoms with Crippen LogP contribution in [0.5, 0.6) is 0 Å². The molecule has 112 valence electrons. The van der Waals surface area contributed by atoms with Crippen molar-refractivity contribution in [2.45, 2.75) is 24.9 Å². The number of rotatable bonds is 4. The number of aromatic nitrogens is 3. The Kier molecular flexibility index (Phi) is 3.87. The fourth-order valence-electron chi connectivity index (χ4n) is 2.36. The van der Waals surface area contributed by atoms with E-state index in [2.05, 4.69) is 10.2 Å². The number of thioether (sulfide) groups is 1. The highest BCUT2D eigenvalue weighted by Crippen LogP contribution is 2.25. The van der Waals surface area contributed by atoms with E-state index in [0.29, 0.717) is 16.7 Å². The van der Waals surface area contributed by atoms with Gasteiger partial charge in [-0.1, -0.05) is 11.8 Å². The number of nitrogens with two attached hydrogens (primary N) is 1. The zero-order chi connectivity index (χ0) is 14.8. The molecule has 3 heterocycles. The van der Waals surface area contributed by atoms with Gasteiger partial charge in [-0.2, -0.15) is 0 Å². The van der Waals surface area contributed by atoms with E-state index in [1.54, 1.807) is 12.3 Å². The molecule has 1 amide bonds. The average molecular weight is 307 g/mol. The van der Waals surface area contributed by atoms with E-state index in [9.17, 15) is 4.79 Å². The lowest BCUT2D eigenvalue weighted by Crippen LogP contribution is -2.29. The normalized spacial score (nSPS) is 14.8. The Labute approximate surface area is 126 Å². The number of nitrogens with zero attached hydrogens (tertiary/aromatic N) is 4. The number of nitrogen functional groups attached to an aromatic ring is 1. The summed E-state index contributed by atoms with van der Waals surface area (Å²) in [6.07, 6.45) is 3.77. The smallest absolute Gasteiger partial charge is 0.233 e. The minimum absolute atomic E-state index is 0.126. The van der Waals surface area contributed by atoms with Gasteiger partial charge in [0.05, 0.1) is 17.6 Å². The lowest BCUT2D eigenvalue weighted by molar-refractivity contribution is -0.127. The summed E-state index contributed by atoms with van der Waals surface area (Å²) in [7, 11) is 0. The number of carbonyl (C=O) groups is 1. The standard InChI is InChI=1S/C13H17N5O2S/c1-9-10(4-7-20-9)12-15-16-13(18(12)14)21-8-11(19)17-5-2-3-6-17/h4,7H,2-3,5-6,8,14H2,1H3. The average Bonchev–Trinajstić information content (AvgIpc) is 3.18. The predicted octanol–water partition coefficient (Wildman–Crippen LogP) is 1.27. The Morgan fingerprint density at radius 3 is 2.86 bits per heavy atom. The van der Waals surface area contributed by atoms with Crippen LogP contribution in [-0.2, 0) is 4.79 Å². The van der Waals surface area contributed by atoms with Gasteiger partial charge in [0.1, 0.15) is 5.76 Å². The molecule has 2 aromatic rings. The molecule has 1 saturated heterocycles. The highest BCUT2D eigenvalue weighted by Gasteiger charge is 2.20. The van der Waals surface area contributed by atoms with E-state index in [-0.39, 0.29) is 5.91 Å². The van der Waals surface area contributed by atoms with Crippen LogP contribution in [0.2, 0.25) is 0 Å². The van der Waals surface area contributed by atoms with Crippen molar-refractivity contribution in [1.29, 1.82) is 0 Å². The van der Waals surface area contributed by atoms with Gasteiger partial charge in [-0.15, -0.1) is 10.2 Å². The second kappa shape index (κ2) is 5.80. The molecule has 2 aromatic heterocycles. The first-order chi connectivity index (χ1) is 10.2. The summed E-state index contributed by atoms with van der Waals surface area (Å²) >= 11 is 1.31. The summed E-state index contributed by atoms with van der Waals surface area (Å²) in [4.78, 5) is 13.9. The van der Waals surface area contributed by atoms with E-state index in [1.165, 1.54) is 16.4 Å². The second-order valence-corrected chi connectivity index (χ2v) is 5.89. The number of likely N-dealkylation sites (tertiary alicyclic amines) is 1. The van der Waals surface area contributed by atoms with Crippen molar-refractivity contribution >= 4 is 17.7 Å². The highest BCUT2D eigenvalue weighted by molar-refractivity contribution is 7.99. The summed E-state index contributed by atoms with van der Waals surface area (Å²) in [6, 6.07) is 1.80. The molecule has 21 heavy (non-hydrogen) atoms. The number of amides is 1. The third-order valence-corrected chi connectivity index (χ3v) is 4.48. The van der Waals surface area contributed by atoms with Gasteiger partial charge < -0.3 is 15.2 Å². The van der Waals surface area contributed by atoms with Crippen molar-refractivity contribution in [3.05, 3.63) is 18.1 Å². The third-order valence-electron chi connectivity index (χ3n) is 3.55. The second-order valence-electron chi connectivity index (χ2n) is 4.94. The van der Waals surface area contributed by atoms with Crippen LogP contribution >= 0.6 is 11.8 Å². The van der Waals surface area contributed by atoms with Crippen LogP contribution in [0.25, 0.3) is 11.4 Å². The molecule has 1 aliphatic heterocycles. The monoisotopic (exact) mass is 307 g/mol. The molecule has 0 atom stereocenters. The fraction of sp³-hybridized carbons (Fsp3) is 0.462. The largest absolute Gasteiger partial charge is 0.469 e. The van der Waals surface area contributed by atoms with Crippen molar-refractivity contribution in [2.75, 3.05) is 24.7 Å². The summed E-state index contributed by atoms with van der Waals surface area (Å²) in [6.45, 7) is 3.55. The maximum atomic E-state index is 12.0. The fourth-order valence-corrected chi connectivity index (χ4v) is 3.12. The van der Waals surface area contributed by atoms with Crippen LogP contribution in [0.15, 0.2) is 21.9 Å². The highest BCUT2D eigenvalue weighted by atomic mass is 32.2. The van der Waals surface area contributed by atoms with Gasteiger partial charge in [0.15, 0.2) is 5.82 Å². The van der Waals surface area contributed by atoms with Gasteiger partial charge in [-0.05, 0) is 25.8 Å². The Hall–Kier alpha value is -1.96. The lowest BCUT2D eigenvalue weighted by atomic mass is 10.2. The molecule has 1 aliphatic rings. The zero-order valence-corrected chi connectivity index (χ0v) is 12.6. The number of hydrogen-bond donors (Lipinski definition) is 1. The first-order valence-electron chi connectivity index (χ1n) is 6.82. The Morgan fingerprint density at radius 1 is 1.43 bits per heavy atom. The molecule has 3 rings (SSSR count). The number of aryl methyl sites for hydroxylation is 1. The first kappa shape index (κ1) is 14.0. The Morgan fingerprint density at radius 2 is 2.19 bits per heavy atom. The van der Waals surface area contributed by atoms with Crippen LogP contribution in [0.3, 0.4) is 0 Å². The molecule has 2 N–H and O–H groups in total. The van der Waals surface area contributed by atoms with Crippen LogP contribution in [0.4, 0.5) is 0 Å². The van der Waals surface area contributed by atoms with Gasteiger partial charge in [0.2, 0.25) is 11.1 Å². The van der Waals surface area contributed by atoms with Gasteiger partial charge in [-0.3, -0.25) is 4.79 Å². The Balaban J connectivity index is 1.68. The molecule has 0 spiro atoms. The number of carbonyl (C=O) groups excluding carboxylic acids is 1. The molecule has 0 aromatic carbocycles. The Bertz CT molecular complexity index is 645. The number of furan rings is 1. The summed E-state index contributed by atoms with van der Waals surface area (Å²) in [5, 5.41) is 8.65. The van der Waals surface area contributed by atoms with E-state index < -0.39 is 0 Å². The van der Waals surface area contributed by atoms with Crippen LogP contribution in [0.1, 0.15) is 18.6 Å². The molecule has 0 bridgehead atoms. The molecule has 0 radical (unpaired) electrons. The molecular formula is C13H17N5O2S. The van der Waals surface area contributed by atoms with Crippen LogP contribution in [0, 0.1) is 6.92 Å². The first-order valence-corrected chi connectivity index (χ1v) is 7.81. The van der Waals surface area contributed by atoms with Crippen molar-refractivity contribution < 1.29 is 9.21 Å². The van der Waals surface area contributed by atoms with E-state index in [1.807, 2.05) is 11.8 Å². The molecule has 8 heteroatoms. The summed E-state index contributed by atoms with van der Waals surface area (Å²) in [5.74, 6) is 7.74. The van der Waals surface area contributed by atoms with Crippen molar-refractivity contribution in [3.8, 4) is 11.4 Å². The quantitative estimate of drug-likeness (QED) is 0.676. The summed E-state index contributed by atoms with van der Waals surface area (Å²) < 4.78 is 6.65. The third kappa shape index (κ3) is 2.76.